The van der Waals surface area contributed by atoms with Crippen molar-refractivity contribution in [1.82, 2.24) is 4.31 Å². The highest BCUT2D eigenvalue weighted by molar-refractivity contribution is 7.89. The quantitative estimate of drug-likeness (QED) is 0.866. The van der Waals surface area contributed by atoms with E-state index >= 15 is 0 Å². The van der Waals surface area contributed by atoms with Crippen LogP contribution >= 0.6 is 0 Å². The zero-order valence-electron chi connectivity index (χ0n) is 12.0. The van der Waals surface area contributed by atoms with E-state index in [1.807, 2.05) is 6.92 Å². The number of aliphatic hydroxyl groups excluding tert-OH is 1. The molecule has 0 spiro atoms. The minimum atomic E-state index is -3.62. The smallest absolute Gasteiger partial charge is 0.246 e. The first-order valence-electron chi connectivity index (χ1n) is 6.67. The molecule has 5 nitrogen and oxygen atoms in total. The van der Waals surface area contributed by atoms with E-state index < -0.39 is 10.0 Å². The zero-order chi connectivity index (χ0) is 14.9. The second-order valence-electron chi connectivity index (χ2n) is 5.24. The molecule has 1 aromatic rings. The minimum Gasteiger partial charge on any atom is -0.495 e. The molecule has 0 heterocycles. The molecule has 1 saturated carbocycles. The van der Waals surface area contributed by atoms with E-state index in [-0.39, 0.29) is 17.5 Å². The maximum Gasteiger partial charge on any atom is 0.246 e. The van der Waals surface area contributed by atoms with Crippen molar-refractivity contribution in [3.63, 3.8) is 0 Å². The van der Waals surface area contributed by atoms with E-state index in [2.05, 4.69) is 0 Å². The summed E-state index contributed by atoms with van der Waals surface area (Å²) in [5.74, 6) is 0.749. The Morgan fingerprint density at radius 2 is 2.10 bits per heavy atom. The van der Waals surface area contributed by atoms with E-state index in [1.165, 1.54) is 17.5 Å². The monoisotopic (exact) mass is 299 g/mol. The molecule has 0 bridgehead atoms. The van der Waals surface area contributed by atoms with Gasteiger partial charge in [0.05, 0.1) is 13.7 Å². The molecule has 0 saturated heterocycles. The summed E-state index contributed by atoms with van der Waals surface area (Å²) in [6.45, 7) is 1.73. The van der Waals surface area contributed by atoms with Crippen molar-refractivity contribution in [1.29, 1.82) is 0 Å². The second-order valence-corrected chi connectivity index (χ2v) is 7.21. The summed E-state index contributed by atoms with van der Waals surface area (Å²) in [6, 6.07) is 4.68. The summed E-state index contributed by atoms with van der Waals surface area (Å²) in [7, 11) is -0.579. The second kappa shape index (κ2) is 5.71. The third-order valence-corrected chi connectivity index (χ3v) is 5.91. The van der Waals surface area contributed by atoms with E-state index in [4.69, 9.17) is 4.74 Å². The predicted octanol–water partition coefficient (Wildman–Crippen LogP) is 1.61. The average molecular weight is 299 g/mol. The maximum absolute atomic E-state index is 12.7. The Bertz CT molecular complexity index is 581. The summed E-state index contributed by atoms with van der Waals surface area (Å²) in [5.41, 5.74) is 0.553. The molecule has 0 aliphatic heterocycles. The first-order chi connectivity index (χ1) is 9.41. The molecular formula is C14H21NO4S. The van der Waals surface area contributed by atoms with Crippen LogP contribution in [0.3, 0.4) is 0 Å². The predicted molar refractivity (Wildman–Crippen MR) is 76.1 cm³/mol. The molecule has 0 amide bonds. The van der Waals surface area contributed by atoms with Gasteiger partial charge in [0.2, 0.25) is 10.0 Å². The van der Waals surface area contributed by atoms with Gasteiger partial charge in [0.15, 0.2) is 0 Å². The number of aliphatic hydroxyl groups is 1. The molecular weight excluding hydrogens is 278 g/mol. The van der Waals surface area contributed by atoms with Crippen LogP contribution < -0.4 is 4.74 Å². The topological polar surface area (TPSA) is 66.8 Å². The van der Waals surface area contributed by atoms with Crippen molar-refractivity contribution in [3.05, 3.63) is 23.8 Å². The van der Waals surface area contributed by atoms with E-state index in [1.54, 1.807) is 19.2 Å². The summed E-state index contributed by atoms with van der Waals surface area (Å²) < 4.78 is 32.0. The van der Waals surface area contributed by atoms with E-state index in [0.717, 1.165) is 12.8 Å². The highest BCUT2D eigenvalue weighted by Gasteiger charge is 2.37. The Kier molecular flexibility index (Phi) is 4.36. The van der Waals surface area contributed by atoms with Gasteiger partial charge in [-0.2, -0.15) is 4.31 Å². The number of methoxy groups -OCH3 is 1. The molecule has 1 fully saturated rings. The molecule has 1 aliphatic rings. The van der Waals surface area contributed by atoms with Gasteiger partial charge in [-0.15, -0.1) is 0 Å². The lowest BCUT2D eigenvalue weighted by Gasteiger charge is -2.25. The van der Waals surface area contributed by atoms with E-state index in [9.17, 15) is 13.5 Å². The fraction of sp³-hybridized carbons (Fsp3) is 0.571. The molecule has 1 aliphatic carbocycles. The maximum atomic E-state index is 12.7. The first kappa shape index (κ1) is 15.3. The van der Waals surface area contributed by atoms with Crippen LogP contribution in [0.25, 0.3) is 0 Å². The molecule has 0 radical (unpaired) electrons. The van der Waals surface area contributed by atoms with Crippen LogP contribution in [0.1, 0.15) is 25.3 Å². The Morgan fingerprint density at radius 1 is 1.45 bits per heavy atom. The van der Waals surface area contributed by atoms with Gasteiger partial charge in [-0.05, 0) is 43.4 Å². The standard InChI is InChI=1S/C14H21NO4S/c1-10(12-5-6-12)15(2)20(17,18)14-8-11(9-16)4-7-13(14)19-3/h4,7-8,10,12,16H,5-6,9H2,1-3H3. The van der Waals surface area contributed by atoms with Crippen molar-refractivity contribution >= 4 is 10.0 Å². The normalized spacial score (nSPS) is 17.2. The Hall–Kier alpha value is -1.11. The lowest BCUT2D eigenvalue weighted by molar-refractivity contribution is 0.281. The lowest BCUT2D eigenvalue weighted by Crippen LogP contribution is -2.36. The van der Waals surface area contributed by atoms with E-state index in [0.29, 0.717) is 17.2 Å². The van der Waals surface area contributed by atoms with Crippen LogP contribution in [0.2, 0.25) is 0 Å². The largest absolute Gasteiger partial charge is 0.495 e. The van der Waals surface area contributed by atoms with Crippen molar-refractivity contribution in [2.24, 2.45) is 5.92 Å². The fourth-order valence-electron chi connectivity index (χ4n) is 2.27. The number of hydrogen-bond acceptors (Lipinski definition) is 4. The molecule has 1 unspecified atom stereocenters. The number of sulfonamides is 1. The van der Waals surface area contributed by atoms with Crippen molar-refractivity contribution in [3.8, 4) is 5.75 Å². The van der Waals surface area contributed by atoms with Gasteiger partial charge < -0.3 is 9.84 Å². The number of rotatable bonds is 6. The number of ether oxygens (including phenoxy) is 1. The minimum absolute atomic E-state index is 0.0255. The molecule has 1 aromatic carbocycles. The van der Waals surface area contributed by atoms with Gasteiger partial charge in [0.1, 0.15) is 10.6 Å². The average Bonchev–Trinajstić information content (AvgIpc) is 3.29. The highest BCUT2D eigenvalue weighted by atomic mass is 32.2. The molecule has 20 heavy (non-hydrogen) atoms. The Labute approximate surface area is 120 Å². The van der Waals surface area contributed by atoms with Gasteiger partial charge in [0, 0.05) is 13.1 Å². The number of nitrogens with zero attached hydrogens (tertiary/aromatic N) is 1. The molecule has 1 atom stereocenters. The Balaban J connectivity index is 2.41. The summed E-state index contributed by atoms with van der Waals surface area (Å²) in [4.78, 5) is 0.113. The zero-order valence-corrected chi connectivity index (χ0v) is 12.9. The molecule has 2 rings (SSSR count). The number of hydrogen-bond donors (Lipinski definition) is 1. The van der Waals surface area contributed by atoms with Crippen molar-refractivity contribution in [2.75, 3.05) is 14.2 Å². The third-order valence-electron chi connectivity index (χ3n) is 3.95. The molecule has 0 aromatic heterocycles. The van der Waals surface area contributed by atoms with Crippen molar-refractivity contribution < 1.29 is 18.3 Å². The fourth-order valence-corrected chi connectivity index (χ4v) is 3.90. The summed E-state index contributed by atoms with van der Waals surface area (Å²) >= 11 is 0. The molecule has 6 heteroatoms. The first-order valence-corrected chi connectivity index (χ1v) is 8.11. The highest BCUT2D eigenvalue weighted by Crippen LogP contribution is 2.37. The third kappa shape index (κ3) is 2.82. The summed E-state index contributed by atoms with van der Waals surface area (Å²) in [5, 5.41) is 9.19. The van der Waals surface area contributed by atoms with Gasteiger partial charge in [-0.25, -0.2) is 8.42 Å². The molecule has 1 N–H and O–H groups in total. The SMILES string of the molecule is COc1ccc(CO)cc1S(=O)(=O)N(C)C(C)C1CC1. The van der Waals surface area contributed by atoms with Gasteiger partial charge >= 0.3 is 0 Å². The van der Waals surface area contributed by atoms with Gasteiger partial charge in [-0.3, -0.25) is 0 Å². The molecule has 112 valence electrons. The van der Waals surface area contributed by atoms with Crippen LogP contribution in [-0.4, -0.2) is 38.0 Å². The van der Waals surface area contributed by atoms with Crippen LogP contribution in [0.5, 0.6) is 5.75 Å². The van der Waals surface area contributed by atoms with Crippen LogP contribution in [-0.2, 0) is 16.6 Å². The van der Waals surface area contributed by atoms with Crippen LogP contribution in [0, 0.1) is 5.92 Å². The van der Waals surface area contributed by atoms with Gasteiger partial charge in [0.25, 0.3) is 0 Å². The van der Waals surface area contributed by atoms with Crippen LogP contribution in [0.4, 0.5) is 0 Å². The summed E-state index contributed by atoms with van der Waals surface area (Å²) in [6.07, 6.45) is 2.16. The Morgan fingerprint density at radius 3 is 2.60 bits per heavy atom. The van der Waals surface area contributed by atoms with Crippen LogP contribution in [0.15, 0.2) is 23.1 Å². The lowest BCUT2D eigenvalue weighted by atomic mass is 10.2. The van der Waals surface area contributed by atoms with Crippen molar-refractivity contribution in [2.45, 2.75) is 37.3 Å². The number of benzene rings is 1. The van der Waals surface area contributed by atoms with Gasteiger partial charge in [-0.1, -0.05) is 6.07 Å².